The van der Waals surface area contributed by atoms with Crippen molar-refractivity contribution in [3.63, 3.8) is 0 Å². The summed E-state index contributed by atoms with van der Waals surface area (Å²) in [4.78, 5) is 6.13. The number of halogens is 1. The van der Waals surface area contributed by atoms with Crippen LogP contribution < -0.4 is 4.65 Å². The number of β-amino-alcohol motifs (C(OH)–C–C–N with tert-alkyl or cyclic N) is 1. The molecule has 5 nitrogen and oxygen atoms in total. The molecular formula is C11H18BrN3O2S. The van der Waals surface area contributed by atoms with Crippen molar-refractivity contribution in [2.75, 3.05) is 19.8 Å². The van der Waals surface area contributed by atoms with Crippen molar-refractivity contribution in [3.8, 4) is 0 Å². The minimum absolute atomic E-state index is 0.296. The van der Waals surface area contributed by atoms with E-state index in [9.17, 15) is 10.3 Å². The van der Waals surface area contributed by atoms with Gasteiger partial charge in [-0.25, -0.2) is 4.90 Å². The second kappa shape index (κ2) is 5.94. The number of aliphatic hydroxyl groups excluding tert-OH is 1. The van der Waals surface area contributed by atoms with Gasteiger partial charge in [0, 0.05) is 6.54 Å². The molecule has 1 aliphatic heterocycles. The molecule has 1 fully saturated rings. The zero-order valence-corrected chi connectivity index (χ0v) is 12.8. The normalized spacial score (nSPS) is 29.0. The van der Waals surface area contributed by atoms with Crippen LogP contribution in [0.25, 0.3) is 0 Å². The molecule has 1 aliphatic rings. The summed E-state index contributed by atoms with van der Waals surface area (Å²) >= 11 is 4.60. The molecule has 1 aromatic heterocycles. The van der Waals surface area contributed by atoms with Crippen LogP contribution in [-0.2, 0) is 0 Å². The monoisotopic (exact) mass is 335 g/mol. The lowest BCUT2D eigenvalue weighted by Gasteiger charge is -2.37. The number of nitrogens with zero attached hydrogens (tertiary/aromatic N) is 3. The Morgan fingerprint density at radius 2 is 2.44 bits per heavy atom. The highest BCUT2D eigenvalue weighted by atomic mass is 79.9. The van der Waals surface area contributed by atoms with E-state index in [2.05, 4.69) is 27.8 Å². The van der Waals surface area contributed by atoms with Crippen molar-refractivity contribution in [1.82, 2.24) is 14.5 Å². The number of aromatic nitrogens is 1. The summed E-state index contributed by atoms with van der Waals surface area (Å²) in [7, 11) is 0. The number of thiazole rings is 1. The number of unbranched alkanes of at least 4 members (excludes halogenated alkanes) is 2. The van der Waals surface area contributed by atoms with Gasteiger partial charge in [-0.15, -0.1) is 0 Å². The molecule has 0 bridgehead atoms. The molecule has 2 heterocycles. The van der Waals surface area contributed by atoms with E-state index < -0.39 is 10.9 Å². The Balaban J connectivity index is 2.01. The molecule has 0 spiro atoms. The minimum Gasteiger partial charge on any atom is -0.623 e. The highest BCUT2D eigenvalue weighted by Gasteiger charge is 2.42. The van der Waals surface area contributed by atoms with E-state index in [-0.39, 0.29) is 0 Å². The first-order valence-corrected chi connectivity index (χ1v) is 7.78. The van der Waals surface area contributed by atoms with E-state index in [1.807, 2.05) is 4.90 Å². The van der Waals surface area contributed by atoms with Crippen molar-refractivity contribution >= 4 is 32.4 Å². The summed E-state index contributed by atoms with van der Waals surface area (Å²) in [5, 5.41) is 23.1. The molecule has 1 aromatic rings. The molecule has 102 valence electrons. The second-order valence-electron chi connectivity index (χ2n) is 4.65. The molecule has 2 unspecified atom stereocenters. The van der Waals surface area contributed by atoms with Crippen molar-refractivity contribution in [3.05, 3.63) is 15.2 Å². The van der Waals surface area contributed by atoms with Crippen LogP contribution in [0.5, 0.6) is 0 Å². The van der Waals surface area contributed by atoms with E-state index >= 15 is 0 Å². The molecule has 2 atom stereocenters. The molecular weight excluding hydrogens is 318 g/mol. The smallest absolute Gasteiger partial charge is 0.290 e. The number of quaternary nitrogens is 1. The standard InChI is InChI=1S/C11H18BrN3O2S/c1-2-3-4-5-14-7-10(16)15(17,8-14)11-13-6-9(12)18-11/h6,10,16H,2-5,7-8H2,1H3. The van der Waals surface area contributed by atoms with E-state index in [0.717, 1.165) is 29.6 Å². The summed E-state index contributed by atoms with van der Waals surface area (Å²) < 4.78 is 0.0880. The third-order valence-electron chi connectivity index (χ3n) is 3.18. The van der Waals surface area contributed by atoms with Crippen LogP contribution in [0.15, 0.2) is 9.98 Å². The van der Waals surface area contributed by atoms with Gasteiger partial charge >= 0.3 is 0 Å². The van der Waals surface area contributed by atoms with Gasteiger partial charge in [-0.2, -0.15) is 4.98 Å². The van der Waals surface area contributed by atoms with Crippen LogP contribution in [0.1, 0.15) is 26.2 Å². The summed E-state index contributed by atoms with van der Waals surface area (Å²) in [6.07, 6.45) is 4.08. The average molecular weight is 336 g/mol. The van der Waals surface area contributed by atoms with Crippen LogP contribution in [0.2, 0.25) is 0 Å². The Labute approximate surface area is 119 Å². The minimum atomic E-state index is -0.926. The van der Waals surface area contributed by atoms with Crippen molar-refractivity contribution in [2.24, 2.45) is 0 Å². The molecule has 18 heavy (non-hydrogen) atoms. The van der Waals surface area contributed by atoms with Gasteiger partial charge in [-0.05, 0) is 33.7 Å². The Kier molecular flexibility index (Phi) is 4.74. The fraction of sp³-hybridized carbons (Fsp3) is 0.727. The highest BCUT2D eigenvalue weighted by molar-refractivity contribution is 9.11. The van der Waals surface area contributed by atoms with Crippen molar-refractivity contribution < 1.29 is 5.11 Å². The fourth-order valence-corrected chi connectivity index (χ4v) is 3.42. The third kappa shape index (κ3) is 2.92. The molecule has 7 heteroatoms. The van der Waals surface area contributed by atoms with Crippen LogP contribution >= 0.6 is 27.3 Å². The van der Waals surface area contributed by atoms with Gasteiger partial charge in [0.05, 0.1) is 16.5 Å². The molecule has 0 aliphatic carbocycles. The summed E-state index contributed by atoms with van der Waals surface area (Å²) in [6, 6.07) is 0. The van der Waals surface area contributed by atoms with Crippen molar-refractivity contribution in [2.45, 2.75) is 32.4 Å². The molecule has 0 amide bonds. The second-order valence-corrected chi connectivity index (χ2v) is 7.04. The Morgan fingerprint density at radius 1 is 1.67 bits per heavy atom. The predicted molar refractivity (Wildman–Crippen MR) is 76.9 cm³/mol. The number of hydrogen-bond donors (Lipinski definition) is 1. The molecule has 1 saturated heterocycles. The number of hydroxylamine groups is 2. The largest absolute Gasteiger partial charge is 0.623 e. The van der Waals surface area contributed by atoms with Gasteiger partial charge in [-0.1, -0.05) is 19.8 Å². The first-order valence-electron chi connectivity index (χ1n) is 6.17. The van der Waals surface area contributed by atoms with Gasteiger partial charge in [0.25, 0.3) is 5.13 Å². The topological polar surface area (TPSA) is 59.4 Å². The van der Waals surface area contributed by atoms with Gasteiger partial charge in [0.2, 0.25) is 6.23 Å². The fourth-order valence-electron chi connectivity index (χ4n) is 2.17. The maximum absolute atomic E-state index is 12.7. The number of aliphatic hydroxyl groups is 1. The SMILES string of the molecule is CCCCCN1CC(O)[N+]([O-])(c2ncc(Br)s2)C1. The average Bonchev–Trinajstić information content (AvgIpc) is 2.86. The van der Waals surface area contributed by atoms with Crippen molar-refractivity contribution in [1.29, 1.82) is 0 Å². The van der Waals surface area contributed by atoms with E-state index in [1.165, 1.54) is 11.3 Å². The van der Waals surface area contributed by atoms with Crippen LogP contribution in [-0.4, -0.2) is 41.0 Å². The number of hydrogen-bond acceptors (Lipinski definition) is 5. The predicted octanol–water partition coefficient (Wildman–Crippen LogP) is 2.49. The Bertz CT molecular complexity index is 403. The maximum atomic E-state index is 12.7. The van der Waals surface area contributed by atoms with E-state index in [1.54, 1.807) is 6.20 Å². The molecule has 0 saturated carbocycles. The van der Waals surface area contributed by atoms with Crippen LogP contribution in [0.4, 0.5) is 5.13 Å². The zero-order valence-electron chi connectivity index (χ0n) is 10.4. The highest BCUT2D eigenvalue weighted by Crippen LogP contribution is 2.35. The Hall–Kier alpha value is -0.0500. The van der Waals surface area contributed by atoms with Gasteiger partial charge in [0.1, 0.15) is 6.67 Å². The van der Waals surface area contributed by atoms with Gasteiger partial charge in [-0.3, -0.25) is 4.65 Å². The molecule has 0 radical (unpaired) electrons. The molecule has 1 N–H and O–H groups in total. The summed E-state index contributed by atoms with van der Waals surface area (Å²) in [6.45, 7) is 3.76. The lowest BCUT2D eigenvalue weighted by Crippen LogP contribution is -2.48. The van der Waals surface area contributed by atoms with Crippen LogP contribution in [0.3, 0.4) is 0 Å². The number of rotatable bonds is 5. The first kappa shape index (κ1) is 14.4. The lowest BCUT2D eigenvalue weighted by molar-refractivity contribution is 0.0847. The first-order chi connectivity index (χ1) is 8.56. The maximum Gasteiger partial charge on any atom is 0.290 e. The van der Waals surface area contributed by atoms with Crippen LogP contribution in [0, 0.1) is 5.21 Å². The quantitative estimate of drug-likeness (QED) is 0.510. The lowest BCUT2D eigenvalue weighted by atomic mass is 10.2. The summed E-state index contributed by atoms with van der Waals surface area (Å²) in [5.74, 6) is 0. The van der Waals surface area contributed by atoms with E-state index in [4.69, 9.17) is 0 Å². The van der Waals surface area contributed by atoms with Gasteiger partial charge in [0.15, 0.2) is 0 Å². The summed E-state index contributed by atoms with van der Waals surface area (Å²) in [5.41, 5.74) is 0. The third-order valence-corrected chi connectivity index (χ3v) is 4.77. The van der Waals surface area contributed by atoms with E-state index in [0.29, 0.717) is 18.3 Å². The molecule has 0 aromatic carbocycles. The Morgan fingerprint density at radius 3 is 3.06 bits per heavy atom. The molecule has 2 rings (SSSR count). The zero-order chi connectivity index (χ0) is 13.2. The van der Waals surface area contributed by atoms with Gasteiger partial charge < -0.3 is 10.3 Å².